The quantitative estimate of drug-likeness (QED) is 0.382. The van der Waals surface area contributed by atoms with Crippen LogP contribution in [0.4, 0.5) is 11.4 Å². The minimum absolute atomic E-state index is 0.0547. The Kier molecular flexibility index (Phi) is 7.03. The Hall–Kier alpha value is -3.37. The molecule has 1 aliphatic heterocycles. The first-order valence-electron chi connectivity index (χ1n) is 10.9. The second-order valence-electron chi connectivity index (χ2n) is 7.48. The third-order valence-electron chi connectivity index (χ3n) is 5.31. The van der Waals surface area contributed by atoms with E-state index in [0.717, 1.165) is 29.8 Å². The SMILES string of the molecule is CCc1ccc(N=C2S/C(=C/C=C/c3ccccc3)C(=O)N2c2ccc(CC)cc2)cc1. The molecule has 3 nitrogen and oxygen atoms in total. The summed E-state index contributed by atoms with van der Waals surface area (Å²) in [4.78, 5) is 20.5. The summed E-state index contributed by atoms with van der Waals surface area (Å²) in [6, 6.07) is 26.4. The molecular formula is C28H26N2OS. The van der Waals surface area contributed by atoms with Gasteiger partial charge in [-0.1, -0.05) is 80.6 Å². The van der Waals surface area contributed by atoms with Crippen LogP contribution < -0.4 is 4.90 Å². The smallest absolute Gasteiger partial charge is 0.268 e. The van der Waals surface area contributed by atoms with Crippen molar-refractivity contribution in [3.63, 3.8) is 0 Å². The van der Waals surface area contributed by atoms with Gasteiger partial charge in [-0.2, -0.15) is 0 Å². The van der Waals surface area contributed by atoms with Crippen molar-refractivity contribution in [3.8, 4) is 0 Å². The van der Waals surface area contributed by atoms with E-state index in [0.29, 0.717) is 10.1 Å². The van der Waals surface area contributed by atoms with Gasteiger partial charge in [0.25, 0.3) is 5.91 Å². The minimum atomic E-state index is -0.0547. The van der Waals surface area contributed by atoms with Crippen LogP contribution in [0.3, 0.4) is 0 Å². The van der Waals surface area contributed by atoms with Crippen molar-refractivity contribution in [1.82, 2.24) is 0 Å². The molecule has 0 atom stereocenters. The van der Waals surface area contributed by atoms with Gasteiger partial charge in [0.05, 0.1) is 16.3 Å². The highest BCUT2D eigenvalue weighted by Crippen LogP contribution is 2.36. The lowest BCUT2D eigenvalue weighted by Gasteiger charge is -2.16. The van der Waals surface area contributed by atoms with Gasteiger partial charge in [0.15, 0.2) is 5.17 Å². The third kappa shape index (κ3) is 5.09. The number of allylic oxidation sites excluding steroid dienone is 2. The van der Waals surface area contributed by atoms with Crippen molar-refractivity contribution >= 4 is 40.3 Å². The lowest BCUT2D eigenvalue weighted by Crippen LogP contribution is -2.28. The van der Waals surface area contributed by atoms with Crippen molar-refractivity contribution < 1.29 is 4.79 Å². The van der Waals surface area contributed by atoms with Crippen LogP contribution in [0, 0.1) is 0 Å². The van der Waals surface area contributed by atoms with Crippen LogP contribution in [0.1, 0.15) is 30.5 Å². The maximum absolute atomic E-state index is 13.3. The highest BCUT2D eigenvalue weighted by Gasteiger charge is 2.34. The highest BCUT2D eigenvalue weighted by atomic mass is 32.2. The van der Waals surface area contributed by atoms with Gasteiger partial charge >= 0.3 is 0 Å². The normalized spacial score (nSPS) is 16.6. The van der Waals surface area contributed by atoms with Crippen LogP contribution in [0.5, 0.6) is 0 Å². The first-order chi connectivity index (χ1) is 15.7. The number of rotatable bonds is 6. The Morgan fingerprint density at radius 3 is 2.09 bits per heavy atom. The zero-order valence-corrected chi connectivity index (χ0v) is 19.2. The second-order valence-corrected chi connectivity index (χ2v) is 8.49. The number of hydrogen-bond donors (Lipinski definition) is 0. The monoisotopic (exact) mass is 438 g/mol. The average molecular weight is 439 g/mol. The molecule has 0 N–H and O–H groups in total. The van der Waals surface area contributed by atoms with E-state index in [2.05, 4.69) is 38.1 Å². The molecule has 1 heterocycles. The number of carbonyl (C=O) groups is 1. The number of aryl methyl sites for hydroxylation is 2. The lowest BCUT2D eigenvalue weighted by atomic mass is 10.1. The summed E-state index contributed by atoms with van der Waals surface area (Å²) in [5.41, 5.74) is 5.27. The Morgan fingerprint density at radius 1 is 0.844 bits per heavy atom. The van der Waals surface area contributed by atoms with Gasteiger partial charge < -0.3 is 0 Å². The van der Waals surface area contributed by atoms with Gasteiger partial charge in [0, 0.05) is 0 Å². The molecule has 0 radical (unpaired) electrons. The molecule has 160 valence electrons. The fraction of sp³-hybridized carbons (Fsp3) is 0.143. The molecule has 3 aromatic rings. The molecule has 0 spiro atoms. The number of anilines is 1. The van der Waals surface area contributed by atoms with Crippen LogP contribution in [0.15, 0.2) is 101 Å². The molecule has 0 bridgehead atoms. The summed E-state index contributed by atoms with van der Waals surface area (Å²) in [5.74, 6) is -0.0547. The minimum Gasteiger partial charge on any atom is -0.268 e. The molecule has 1 amide bonds. The molecule has 1 fully saturated rings. The van der Waals surface area contributed by atoms with Gasteiger partial charge in [0.1, 0.15) is 0 Å². The number of benzene rings is 3. The second kappa shape index (κ2) is 10.3. The van der Waals surface area contributed by atoms with Crippen molar-refractivity contribution in [1.29, 1.82) is 0 Å². The average Bonchev–Trinajstić information content (AvgIpc) is 3.15. The van der Waals surface area contributed by atoms with E-state index < -0.39 is 0 Å². The number of carbonyl (C=O) groups excluding carboxylic acids is 1. The molecule has 1 saturated heterocycles. The molecule has 0 aromatic heterocycles. The number of amides is 1. The number of hydrogen-bond acceptors (Lipinski definition) is 3. The summed E-state index contributed by atoms with van der Waals surface area (Å²) >= 11 is 1.41. The first-order valence-corrected chi connectivity index (χ1v) is 11.7. The summed E-state index contributed by atoms with van der Waals surface area (Å²) in [6.45, 7) is 4.26. The predicted molar refractivity (Wildman–Crippen MR) is 137 cm³/mol. The third-order valence-corrected chi connectivity index (χ3v) is 6.30. The lowest BCUT2D eigenvalue weighted by molar-refractivity contribution is -0.113. The van der Waals surface area contributed by atoms with E-state index in [1.54, 1.807) is 4.90 Å². The van der Waals surface area contributed by atoms with E-state index in [1.807, 2.05) is 72.8 Å². The molecule has 3 aromatic carbocycles. The predicted octanol–water partition coefficient (Wildman–Crippen LogP) is 7.18. The number of aliphatic imine (C=N–C) groups is 1. The summed E-state index contributed by atoms with van der Waals surface area (Å²) in [5, 5.41) is 0.669. The molecule has 4 rings (SSSR count). The maximum Gasteiger partial charge on any atom is 0.271 e. The van der Waals surface area contributed by atoms with Crippen molar-refractivity contribution in [2.75, 3.05) is 4.90 Å². The van der Waals surface area contributed by atoms with Gasteiger partial charge in [-0.3, -0.25) is 9.69 Å². The van der Waals surface area contributed by atoms with Crippen molar-refractivity contribution in [2.45, 2.75) is 26.7 Å². The molecule has 32 heavy (non-hydrogen) atoms. The zero-order valence-electron chi connectivity index (χ0n) is 18.4. The summed E-state index contributed by atoms with van der Waals surface area (Å²) < 4.78 is 0. The van der Waals surface area contributed by atoms with E-state index in [1.165, 1.54) is 22.9 Å². The van der Waals surface area contributed by atoms with Crippen molar-refractivity contribution in [2.24, 2.45) is 4.99 Å². The Bertz CT molecular complexity index is 1160. The molecule has 4 heteroatoms. The molecule has 1 aliphatic rings. The fourth-order valence-corrected chi connectivity index (χ4v) is 4.35. The molecule has 0 aliphatic carbocycles. The highest BCUT2D eigenvalue weighted by molar-refractivity contribution is 8.19. The molecule has 0 saturated carbocycles. The number of thioether (sulfide) groups is 1. The van der Waals surface area contributed by atoms with Crippen LogP contribution >= 0.6 is 11.8 Å². The van der Waals surface area contributed by atoms with E-state index >= 15 is 0 Å². The van der Waals surface area contributed by atoms with Gasteiger partial charge in [-0.25, -0.2) is 4.99 Å². The topological polar surface area (TPSA) is 32.7 Å². The Labute approximate surface area is 194 Å². The Morgan fingerprint density at radius 2 is 1.47 bits per heavy atom. The zero-order chi connectivity index (χ0) is 22.3. The van der Waals surface area contributed by atoms with Gasteiger partial charge in [-0.05, 0) is 71.6 Å². The number of nitrogens with zero attached hydrogens (tertiary/aromatic N) is 2. The van der Waals surface area contributed by atoms with Gasteiger partial charge in [0.2, 0.25) is 0 Å². The first kappa shape index (κ1) is 21.8. The molecular weight excluding hydrogens is 412 g/mol. The van der Waals surface area contributed by atoms with Crippen LogP contribution in [-0.4, -0.2) is 11.1 Å². The standard InChI is InChI=1S/C28H26N2OS/c1-3-21-13-17-24(18-14-21)29-28-30(25-19-15-22(4-2)16-20-25)27(31)26(32-28)12-8-11-23-9-6-5-7-10-23/h5-20H,3-4H2,1-2H3/b11-8+,26-12+,29-28?. The summed E-state index contributed by atoms with van der Waals surface area (Å²) in [6.07, 6.45) is 7.74. The van der Waals surface area contributed by atoms with Gasteiger partial charge in [-0.15, -0.1) is 0 Å². The number of amidine groups is 1. The van der Waals surface area contributed by atoms with Crippen LogP contribution in [-0.2, 0) is 17.6 Å². The fourth-order valence-electron chi connectivity index (χ4n) is 3.40. The summed E-state index contributed by atoms with van der Waals surface area (Å²) in [7, 11) is 0. The molecule has 0 unspecified atom stereocenters. The van der Waals surface area contributed by atoms with E-state index in [4.69, 9.17) is 4.99 Å². The maximum atomic E-state index is 13.3. The van der Waals surface area contributed by atoms with E-state index in [9.17, 15) is 4.79 Å². The van der Waals surface area contributed by atoms with Crippen LogP contribution in [0.25, 0.3) is 6.08 Å². The largest absolute Gasteiger partial charge is 0.271 e. The van der Waals surface area contributed by atoms with Crippen LogP contribution in [0.2, 0.25) is 0 Å². The van der Waals surface area contributed by atoms with Crippen molar-refractivity contribution in [3.05, 3.63) is 113 Å². The Balaban J connectivity index is 1.67. The van der Waals surface area contributed by atoms with E-state index in [-0.39, 0.29) is 5.91 Å².